The van der Waals surface area contributed by atoms with Gasteiger partial charge < -0.3 is 10.6 Å². The highest BCUT2D eigenvalue weighted by Crippen LogP contribution is 2.30. The van der Waals surface area contributed by atoms with Gasteiger partial charge in [-0.2, -0.15) is 0 Å². The summed E-state index contributed by atoms with van der Waals surface area (Å²) >= 11 is 0. The molecule has 1 heterocycles. The van der Waals surface area contributed by atoms with Gasteiger partial charge in [0.25, 0.3) is 0 Å². The Labute approximate surface area is 116 Å². The van der Waals surface area contributed by atoms with Crippen molar-refractivity contribution in [2.75, 3.05) is 17.2 Å². The van der Waals surface area contributed by atoms with Gasteiger partial charge in [0, 0.05) is 18.8 Å². The number of nitrogens with two attached hydrogens (primary N) is 1. The molecule has 20 heavy (non-hydrogen) atoms. The third-order valence-electron chi connectivity index (χ3n) is 3.71. The molecule has 0 spiro atoms. The predicted octanol–water partition coefficient (Wildman–Crippen LogP) is 3.50. The van der Waals surface area contributed by atoms with E-state index in [1.807, 2.05) is 18.2 Å². The summed E-state index contributed by atoms with van der Waals surface area (Å²) in [4.78, 5) is 1.76. The van der Waals surface area contributed by atoms with Gasteiger partial charge in [0.15, 0.2) is 11.6 Å². The van der Waals surface area contributed by atoms with Crippen molar-refractivity contribution in [1.82, 2.24) is 0 Å². The van der Waals surface area contributed by atoms with Crippen LogP contribution < -0.4 is 10.6 Å². The van der Waals surface area contributed by atoms with Crippen molar-refractivity contribution < 1.29 is 8.78 Å². The number of nitrogen functional groups attached to an aromatic ring is 1. The van der Waals surface area contributed by atoms with E-state index < -0.39 is 11.6 Å². The number of aryl methyl sites for hydroxylation is 1. The number of anilines is 2. The van der Waals surface area contributed by atoms with E-state index in [-0.39, 0.29) is 11.4 Å². The SMILES string of the molecule is Nc1cc(F)c(N2CCCc3ccccc3C2)c(F)c1. The molecule has 2 aromatic rings. The van der Waals surface area contributed by atoms with E-state index in [0.29, 0.717) is 13.1 Å². The Morgan fingerprint density at radius 1 is 1.00 bits per heavy atom. The van der Waals surface area contributed by atoms with Gasteiger partial charge in [-0.1, -0.05) is 24.3 Å². The van der Waals surface area contributed by atoms with Crippen molar-refractivity contribution >= 4 is 11.4 Å². The fourth-order valence-electron chi connectivity index (χ4n) is 2.78. The number of hydrogen-bond donors (Lipinski definition) is 1. The first-order chi connectivity index (χ1) is 9.65. The Morgan fingerprint density at radius 2 is 1.65 bits per heavy atom. The Balaban J connectivity index is 2.00. The second-order valence-electron chi connectivity index (χ2n) is 5.13. The van der Waals surface area contributed by atoms with Crippen LogP contribution in [0.4, 0.5) is 20.2 Å². The normalized spacial score (nSPS) is 14.8. The Morgan fingerprint density at radius 3 is 2.35 bits per heavy atom. The lowest BCUT2D eigenvalue weighted by molar-refractivity contribution is 0.569. The fraction of sp³-hybridized carbons (Fsp3) is 0.250. The van der Waals surface area contributed by atoms with Gasteiger partial charge in [-0.25, -0.2) is 8.78 Å². The summed E-state index contributed by atoms with van der Waals surface area (Å²) in [6, 6.07) is 10.4. The minimum absolute atomic E-state index is 0.0240. The summed E-state index contributed by atoms with van der Waals surface area (Å²) in [7, 11) is 0. The van der Waals surface area contributed by atoms with Crippen LogP contribution in [0, 0.1) is 11.6 Å². The molecule has 0 saturated carbocycles. The molecule has 0 fully saturated rings. The topological polar surface area (TPSA) is 29.3 Å². The van der Waals surface area contributed by atoms with Gasteiger partial charge in [-0.05, 0) is 36.1 Å². The quantitative estimate of drug-likeness (QED) is 0.806. The maximum atomic E-state index is 14.0. The Kier molecular flexibility index (Phi) is 3.30. The maximum absolute atomic E-state index is 14.0. The monoisotopic (exact) mass is 274 g/mol. The van der Waals surface area contributed by atoms with E-state index in [1.165, 1.54) is 17.7 Å². The zero-order valence-corrected chi connectivity index (χ0v) is 11.1. The van der Waals surface area contributed by atoms with Crippen LogP contribution in [0.25, 0.3) is 0 Å². The summed E-state index contributed by atoms with van der Waals surface area (Å²) in [5, 5.41) is 0. The Bertz CT molecular complexity index is 617. The molecule has 0 aliphatic carbocycles. The molecule has 0 unspecified atom stereocenters. The van der Waals surface area contributed by atoms with E-state index in [9.17, 15) is 8.78 Å². The molecule has 0 atom stereocenters. The second-order valence-corrected chi connectivity index (χ2v) is 5.13. The van der Waals surface area contributed by atoms with E-state index in [2.05, 4.69) is 6.07 Å². The highest BCUT2D eigenvalue weighted by Gasteiger charge is 2.21. The number of benzene rings is 2. The number of halogens is 2. The molecular formula is C16H16F2N2. The first-order valence-corrected chi connectivity index (χ1v) is 6.71. The van der Waals surface area contributed by atoms with Crippen molar-refractivity contribution in [3.8, 4) is 0 Å². The molecular weight excluding hydrogens is 258 g/mol. The van der Waals surface area contributed by atoms with Crippen LogP contribution in [-0.2, 0) is 13.0 Å². The summed E-state index contributed by atoms with van der Waals surface area (Å²) in [6.45, 7) is 1.15. The third kappa shape index (κ3) is 2.33. The summed E-state index contributed by atoms with van der Waals surface area (Å²) in [5.41, 5.74) is 7.98. The molecule has 104 valence electrons. The highest BCUT2D eigenvalue weighted by molar-refractivity contribution is 5.56. The van der Waals surface area contributed by atoms with Crippen molar-refractivity contribution in [3.05, 3.63) is 59.2 Å². The number of nitrogens with zero attached hydrogens (tertiary/aromatic N) is 1. The maximum Gasteiger partial charge on any atom is 0.151 e. The first-order valence-electron chi connectivity index (χ1n) is 6.71. The predicted molar refractivity (Wildman–Crippen MR) is 76.6 cm³/mol. The molecule has 0 aromatic heterocycles. The number of rotatable bonds is 1. The summed E-state index contributed by atoms with van der Waals surface area (Å²) < 4.78 is 28.1. The van der Waals surface area contributed by atoms with Crippen LogP contribution in [0.15, 0.2) is 36.4 Å². The van der Waals surface area contributed by atoms with Gasteiger partial charge in [-0.3, -0.25) is 0 Å². The molecule has 2 N–H and O–H groups in total. The molecule has 0 saturated heterocycles. The molecule has 1 aliphatic rings. The van der Waals surface area contributed by atoms with E-state index in [0.717, 1.165) is 18.4 Å². The zero-order chi connectivity index (χ0) is 14.1. The lowest BCUT2D eigenvalue weighted by Gasteiger charge is -2.24. The minimum Gasteiger partial charge on any atom is -0.399 e. The molecule has 0 bridgehead atoms. The van der Waals surface area contributed by atoms with Crippen molar-refractivity contribution in [2.45, 2.75) is 19.4 Å². The zero-order valence-electron chi connectivity index (χ0n) is 11.1. The summed E-state index contributed by atoms with van der Waals surface area (Å²) in [5.74, 6) is -1.19. The van der Waals surface area contributed by atoms with Crippen LogP contribution in [0.2, 0.25) is 0 Å². The third-order valence-corrected chi connectivity index (χ3v) is 3.71. The van der Waals surface area contributed by atoms with Gasteiger partial charge >= 0.3 is 0 Å². The number of fused-ring (bicyclic) bond motifs is 1. The molecule has 2 nitrogen and oxygen atoms in total. The largest absolute Gasteiger partial charge is 0.399 e. The van der Waals surface area contributed by atoms with E-state index >= 15 is 0 Å². The van der Waals surface area contributed by atoms with Crippen LogP contribution in [0.1, 0.15) is 17.5 Å². The van der Waals surface area contributed by atoms with Gasteiger partial charge in [0.2, 0.25) is 0 Å². The van der Waals surface area contributed by atoms with Crippen LogP contribution in [0.3, 0.4) is 0 Å². The molecule has 4 heteroatoms. The second kappa shape index (κ2) is 5.12. The molecule has 2 aromatic carbocycles. The average Bonchev–Trinajstić information content (AvgIpc) is 2.59. The first kappa shape index (κ1) is 12.9. The standard InChI is InChI=1S/C16H16F2N2/c17-14-8-13(19)9-15(18)16(14)20-7-3-6-11-4-1-2-5-12(11)10-20/h1-2,4-5,8-9H,3,6-7,10,19H2. The van der Waals surface area contributed by atoms with Crippen molar-refractivity contribution in [1.29, 1.82) is 0 Å². The smallest absolute Gasteiger partial charge is 0.151 e. The number of hydrogen-bond acceptors (Lipinski definition) is 2. The fourth-order valence-corrected chi connectivity index (χ4v) is 2.78. The van der Waals surface area contributed by atoms with Gasteiger partial charge in [0.05, 0.1) is 0 Å². The van der Waals surface area contributed by atoms with Crippen molar-refractivity contribution in [3.63, 3.8) is 0 Å². The van der Waals surface area contributed by atoms with Crippen LogP contribution in [0.5, 0.6) is 0 Å². The van der Waals surface area contributed by atoms with Crippen LogP contribution >= 0.6 is 0 Å². The van der Waals surface area contributed by atoms with Crippen LogP contribution in [-0.4, -0.2) is 6.54 Å². The average molecular weight is 274 g/mol. The van der Waals surface area contributed by atoms with Gasteiger partial charge in [0.1, 0.15) is 5.69 Å². The molecule has 0 radical (unpaired) electrons. The van der Waals surface area contributed by atoms with E-state index in [4.69, 9.17) is 5.73 Å². The molecule has 0 amide bonds. The van der Waals surface area contributed by atoms with Gasteiger partial charge in [-0.15, -0.1) is 0 Å². The molecule has 3 rings (SSSR count). The molecule has 1 aliphatic heterocycles. The highest BCUT2D eigenvalue weighted by atomic mass is 19.1. The minimum atomic E-state index is -0.595. The lowest BCUT2D eigenvalue weighted by atomic mass is 10.0. The lowest BCUT2D eigenvalue weighted by Crippen LogP contribution is -2.24. The summed E-state index contributed by atoms with van der Waals surface area (Å²) in [6.07, 6.45) is 1.81. The van der Waals surface area contributed by atoms with E-state index in [1.54, 1.807) is 4.90 Å². The Hall–Kier alpha value is -2.10. The van der Waals surface area contributed by atoms with Crippen molar-refractivity contribution in [2.24, 2.45) is 0 Å².